The summed E-state index contributed by atoms with van der Waals surface area (Å²) in [4.78, 5) is 11.6. The van der Waals surface area contributed by atoms with E-state index in [-0.39, 0.29) is 5.97 Å². The number of carbonyl (C=O) groups excluding carboxylic acids is 1. The molecule has 4 nitrogen and oxygen atoms in total. The number of nitrogens with two attached hydrogens (primary N) is 1. The van der Waals surface area contributed by atoms with E-state index in [1.54, 1.807) is 19.1 Å². The molecule has 110 valence electrons. The van der Waals surface area contributed by atoms with Crippen LogP contribution >= 0.6 is 11.8 Å². The van der Waals surface area contributed by atoms with Crippen LogP contribution in [0.15, 0.2) is 18.2 Å². The number of hydrogen-bond donors (Lipinski definition) is 2. The monoisotopic (exact) mass is 294 g/mol. The number of anilines is 2. The lowest BCUT2D eigenvalue weighted by atomic mass is 9.84. The van der Waals surface area contributed by atoms with E-state index in [2.05, 4.69) is 11.6 Å². The van der Waals surface area contributed by atoms with Gasteiger partial charge in [-0.25, -0.2) is 4.79 Å². The summed E-state index contributed by atoms with van der Waals surface area (Å²) >= 11 is 1.92. The van der Waals surface area contributed by atoms with Crippen LogP contribution in [0.2, 0.25) is 0 Å². The van der Waals surface area contributed by atoms with Gasteiger partial charge in [0.25, 0.3) is 0 Å². The molecule has 1 aromatic carbocycles. The number of benzene rings is 1. The fourth-order valence-electron chi connectivity index (χ4n) is 2.35. The first-order chi connectivity index (χ1) is 9.60. The molecule has 3 N–H and O–H groups in total. The van der Waals surface area contributed by atoms with Crippen molar-refractivity contribution in [3.63, 3.8) is 0 Å². The maximum atomic E-state index is 11.6. The van der Waals surface area contributed by atoms with Crippen LogP contribution in [0.4, 0.5) is 11.4 Å². The number of nitrogen functional groups attached to an aromatic ring is 1. The summed E-state index contributed by atoms with van der Waals surface area (Å²) in [7, 11) is 0. The van der Waals surface area contributed by atoms with Gasteiger partial charge in [-0.05, 0) is 44.2 Å². The summed E-state index contributed by atoms with van der Waals surface area (Å²) in [6.45, 7) is 3.07. The van der Waals surface area contributed by atoms with Gasteiger partial charge in [0, 0.05) is 11.3 Å². The van der Waals surface area contributed by atoms with Crippen molar-refractivity contribution >= 4 is 29.1 Å². The first-order valence-corrected chi connectivity index (χ1v) is 8.18. The predicted octanol–water partition coefficient (Wildman–Crippen LogP) is 3.14. The van der Waals surface area contributed by atoms with Crippen molar-refractivity contribution in [1.29, 1.82) is 0 Å². The first kappa shape index (κ1) is 15.0. The molecule has 1 fully saturated rings. The third-order valence-electron chi connectivity index (χ3n) is 3.86. The molecule has 0 unspecified atom stereocenters. The zero-order valence-electron chi connectivity index (χ0n) is 12.1. The van der Waals surface area contributed by atoms with Crippen molar-refractivity contribution in [2.24, 2.45) is 0 Å². The summed E-state index contributed by atoms with van der Waals surface area (Å²) in [6, 6.07) is 5.28. The molecule has 0 bridgehead atoms. The van der Waals surface area contributed by atoms with Crippen molar-refractivity contribution in [3.8, 4) is 0 Å². The van der Waals surface area contributed by atoms with Crippen molar-refractivity contribution in [3.05, 3.63) is 23.8 Å². The van der Waals surface area contributed by atoms with Gasteiger partial charge in [-0.1, -0.05) is 6.42 Å². The minimum atomic E-state index is -0.328. The van der Waals surface area contributed by atoms with Gasteiger partial charge in [0.2, 0.25) is 0 Å². The minimum absolute atomic E-state index is 0.328. The van der Waals surface area contributed by atoms with E-state index in [4.69, 9.17) is 10.5 Å². The van der Waals surface area contributed by atoms with Crippen LogP contribution in [-0.4, -0.2) is 30.1 Å². The number of rotatable bonds is 6. The third kappa shape index (κ3) is 3.20. The first-order valence-electron chi connectivity index (χ1n) is 6.96. The quantitative estimate of drug-likeness (QED) is 0.623. The van der Waals surface area contributed by atoms with Crippen LogP contribution in [0.1, 0.15) is 36.5 Å². The molecule has 0 amide bonds. The average molecular weight is 294 g/mol. The lowest BCUT2D eigenvalue weighted by molar-refractivity contribution is 0.0526. The maximum absolute atomic E-state index is 11.6. The number of carbonyl (C=O) groups is 1. The number of thioether (sulfide) groups is 1. The van der Waals surface area contributed by atoms with E-state index in [0.717, 1.165) is 12.2 Å². The van der Waals surface area contributed by atoms with Crippen LogP contribution in [0, 0.1) is 0 Å². The Hall–Kier alpha value is -1.36. The molecule has 0 heterocycles. The van der Waals surface area contributed by atoms with E-state index < -0.39 is 0 Å². The molecule has 0 spiro atoms. The van der Waals surface area contributed by atoms with Gasteiger partial charge in [-0.15, -0.1) is 0 Å². The molecular formula is C15H22N2O2S. The van der Waals surface area contributed by atoms with Gasteiger partial charge in [-0.2, -0.15) is 11.8 Å². The Balaban J connectivity index is 2.01. The van der Waals surface area contributed by atoms with E-state index in [9.17, 15) is 4.79 Å². The molecule has 1 aliphatic rings. The Kier molecular flexibility index (Phi) is 4.81. The summed E-state index contributed by atoms with van der Waals surface area (Å²) < 4.78 is 5.32. The van der Waals surface area contributed by atoms with Gasteiger partial charge in [0.15, 0.2) is 0 Å². The van der Waals surface area contributed by atoms with Gasteiger partial charge in [0.05, 0.1) is 23.5 Å². The van der Waals surface area contributed by atoms with E-state index >= 15 is 0 Å². The zero-order valence-corrected chi connectivity index (χ0v) is 12.9. The topological polar surface area (TPSA) is 64.3 Å². The molecule has 2 rings (SSSR count). The number of nitrogens with one attached hydrogen (secondary N) is 1. The van der Waals surface area contributed by atoms with Crippen LogP contribution in [0.25, 0.3) is 0 Å². The van der Waals surface area contributed by atoms with Crippen LogP contribution in [-0.2, 0) is 4.74 Å². The van der Waals surface area contributed by atoms with Crippen molar-refractivity contribution in [2.45, 2.75) is 30.9 Å². The second-order valence-corrected chi connectivity index (χ2v) is 6.39. The van der Waals surface area contributed by atoms with Crippen molar-refractivity contribution in [2.75, 3.05) is 30.5 Å². The third-order valence-corrected chi connectivity index (χ3v) is 5.28. The Morgan fingerprint density at radius 3 is 2.75 bits per heavy atom. The number of esters is 1. The fourth-order valence-corrected chi connectivity index (χ4v) is 3.26. The van der Waals surface area contributed by atoms with Gasteiger partial charge < -0.3 is 15.8 Å². The molecule has 0 radical (unpaired) electrons. The van der Waals surface area contributed by atoms with E-state index in [1.165, 1.54) is 19.3 Å². The molecule has 0 aliphatic heterocycles. The van der Waals surface area contributed by atoms with Crippen LogP contribution in [0.3, 0.4) is 0 Å². The fraction of sp³-hybridized carbons (Fsp3) is 0.533. The van der Waals surface area contributed by atoms with Gasteiger partial charge in [0.1, 0.15) is 0 Å². The van der Waals surface area contributed by atoms with Crippen LogP contribution < -0.4 is 11.1 Å². The smallest absolute Gasteiger partial charge is 0.338 e. The van der Waals surface area contributed by atoms with Crippen molar-refractivity contribution < 1.29 is 9.53 Å². The molecular weight excluding hydrogens is 272 g/mol. The highest BCUT2D eigenvalue weighted by Gasteiger charge is 2.35. The number of hydrogen-bond acceptors (Lipinski definition) is 5. The lowest BCUT2D eigenvalue weighted by Gasteiger charge is -2.40. The summed E-state index contributed by atoms with van der Waals surface area (Å²) in [5.74, 6) is -0.328. The molecule has 1 aliphatic carbocycles. The molecule has 0 atom stereocenters. The minimum Gasteiger partial charge on any atom is -0.462 e. The largest absolute Gasteiger partial charge is 0.462 e. The van der Waals surface area contributed by atoms with Crippen molar-refractivity contribution in [1.82, 2.24) is 0 Å². The standard InChI is InChI=1S/C15H22N2O2S/c1-3-19-14(18)11-5-6-13(12(16)9-11)17-10-15(20-2)7-4-8-15/h5-6,9,17H,3-4,7-8,10,16H2,1-2H3. The highest BCUT2D eigenvalue weighted by atomic mass is 32.2. The Bertz CT molecular complexity index is 481. The number of ether oxygens (including phenoxy) is 1. The Morgan fingerprint density at radius 2 is 2.25 bits per heavy atom. The van der Waals surface area contributed by atoms with E-state index in [1.807, 2.05) is 17.8 Å². The maximum Gasteiger partial charge on any atom is 0.338 e. The Labute approximate surface area is 124 Å². The molecule has 5 heteroatoms. The highest BCUT2D eigenvalue weighted by molar-refractivity contribution is 8.00. The molecule has 1 aromatic rings. The van der Waals surface area contributed by atoms with E-state index in [0.29, 0.717) is 22.6 Å². The van der Waals surface area contributed by atoms with Gasteiger partial charge >= 0.3 is 5.97 Å². The Morgan fingerprint density at radius 1 is 1.50 bits per heavy atom. The molecule has 20 heavy (non-hydrogen) atoms. The molecule has 1 saturated carbocycles. The summed E-state index contributed by atoms with van der Waals surface area (Å²) in [5, 5.41) is 3.41. The highest BCUT2D eigenvalue weighted by Crippen LogP contribution is 2.43. The normalized spacial score (nSPS) is 16.3. The molecule has 0 saturated heterocycles. The second kappa shape index (κ2) is 6.39. The second-order valence-electron chi connectivity index (χ2n) is 5.12. The van der Waals surface area contributed by atoms with Crippen LogP contribution in [0.5, 0.6) is 0 Å². The summed E-state index contributed by atoms with van der Waals surface area (Å²) in [6.07, 6.45) is 5.97. The average Bonchev–Trinajstić information content (AvgIpc) is 2.39. The predicted molar refractivity (Wildman–Crippen MR) is 85.4 cm³/mol. The lowest BCUT2D eigenvalue weighted by Crippen LogP contribution is -2.40. The SMILES string of the molecule is CCOC(=O)c1ccc(NCC2(SC)CCC2)c(N)c1. The van der Waals surface area contributed by atoms with Gasteiger partial charge in [-0.3, -0.25) is 0 Å². The zero-order chi connectivity index (χ0) is 14.6. The molecule has 0 aromatic heterocycles. The summed E-state index contributed by atoms with van der Waals surface area (Å²) in [5.41, 5.74) is 7.98.